The number of halogens is 2. The predicted octanol–water partition coefficient (Wildman–Crippen LogP) is 4.45. The molecule has 8 heteroatoms. The zero-order valence-electron chi connectivity index (χ0n) is 17.0. The second-order valence-corrected chi connectivity index (χ2v) is 6.01. The lowest BCUT2D eigenvalue weighted by Gasteiger charge is -2.13. The summed E-state index contributed by atoms with van der Waals surface area (Å²) in [5.74, 6) is 1.20. The first-order chi connectivity index (χ1) is 13.7. The summed E-state index contributed by atoms with van der Waals surface area (Å²) in [4.78, 5) is 4.52. The van der Waals surface area contributed by atoms with Gasteiger partial charge in [-0.1, -0.05) is 12.1 Å². The zero-order chi connectivity index (χ0) is 20.2. The van der Waals surface area contributed by atoms with Gasteiger partial charge in [0.05, 0.1) is 20.3 Å². The van der Waals surface area contributed by atoms with Gasteiger partial charge in [-0.3, -0.25) is 0 Å². The minimum absolute atomic E-state index is 0. The lowest BCUT2D eigenvalue weighted by atomic mass is 10.2. The molecule has 2 aromatic carbocycles. The Bertz CT molecular complexity index is 775. The predicted molar refractivity (Wildman–Crippen MR) is 125 cm³/mol. The first-order valence-corrected chi connectivity index (χ1v) is 9.25. The molecular weight excluding hydrogens is 488 g/mol. The van der Waals surface area contributed by atoms with E-state index in [0.717, 1.165) is 23.4 Å². The molecule has 0 saturated carbocycles. The smallest absolute Gasteiger partial charge is 0.196 e. The van der Waals surface area contributed by atoms with E-state index < -0.39 is 5.82 Å². The molecule has 6 nitrogen and oxygen atoms in total. The van der Waals surface area contributed by atoms with Crippen molar-refractivity contribution in [1.29, 1.82) is 0 Å². The van der Waals surface area contributed by atoms with E-state index in [1.54, 1.807) is 19.2 Å². The Balaban J connectivity index is 0.00000420. The molecule has 0 unspecified atom stereocenters. The van der Waals surface area contributed by atoms with Crippen molar-refractivity contribution in [2.75, 3.05) is 39.3 Å². The van der Waals surface area contributed by atoms with E-state index in [4.69, 9.17) is 14.2 Å². The molecule has 0 atom stereocenters. The van der Waals surface area contributed by atoms with Gasteiger partial charge in [0.15, 0.2) is 17.5 Å². The molecule has 0 aliphatic rings. The molecular formula is C21H29FIN3O3. The number of anilines is 1. The highest BCUT2D eigenvalue weighted by Crippen LogP contribution is 2.19. The summed E-state index contributed by atoms with van der Waals surface area (Å²) in [6.07, 6.45) is 0.830. The quantitative estimate of drug-likeness (QED) is 0.211. The molecule has 0 heterocycles. The fourth-order valence-electron chi connectivity index (χ4n) is 2.48. The molecule has 0 amide bonds. The second kappa shape index (κ2) is 14.0. The fourth-order valence-corrected chi connectivity index (χ4v) is 2.48. The summed E-state index contributed by atoms with van der Waals surface area (Å²) in [7, 11) is 3.12. The van der Waals surface area contributed by atoms with E-state index >= 15 is 0 Å². The van der Waals surface area contributed by atoms with Crippen LogP contribution in [0, 0.1) is 5.82 Å². The van der Waals surface area contributed by atoms with Crippen molar-refractivity contribution < 1.29 is 18.6 Å². The first kappa shape index (κ1) is 25.0. The molecule has 160 valence electrons. The Morgan fingerprint density at radius 2 is 1.93 bits per heavy atom. The minimum Gasteiger partial charge on any atom is -0.494 e. The van der Waals surface area contributed by atoms with Crippen molar-refractivity contribution in [3.63, 3.8) is 0 Å². The van der Waals surface area contributed by atoms with Crippen LogP contribution in [0.15, 0.2) is 47.5 Å². The van der Waals surface area contributed by atoms with Gasteiger partial charge in [-0.15, -0.1) is 24.0 Å². The van der Waals surface area contributed by atoms with E-state index in [9.17, 15) is 4.39 Å². The molecule has 2 aromatic rings. The number of nitrogens with zero attached hydrogens (tertiary/aromatic N) is 1. The SMILES string of the molecule is CCNC(=NCc1ccc(OC)c(F)c1)Nc1cccc(OCCCOC)c1.I. The third-order valence-electron chi connectivity index (χ3n) is 3.84. The average Bonchev–Trinajstić information content (AvgIpc) is 2.70. The maximum absolute atomic E-state index is 13.8. The van der Waals surface area contributed by atoms with E-state index in [0.29, 0.717) is 32.3 Å². The summed E-state index contributed by atoms with van der Waals surface area (Å²) >= 11 is 0. The molecule has 0 aliphatic carbocycles. The van der Waals surface area contributed by atoms with Gasteiger partial charge in [-0.05, 0) is 36.8 Å². The van der Waals surface area contributed by atoms with Crippen molar-refractivity contribution in [2.24, 2.45) is 4.99 Å². The molecule has 0 aromatic heterocycles. The number of guanidine groups is 1. The molecule has 0 spiro atoms. The van der Waals surface area contributed by atoms with E-state index in [1.807, 2.05) is 31.2 Å². The Morgan fingerprint density at radius 3 is 2.62 bits per heavy atom. The fraction of sp³-hybridized carbons (Fsp3) is 0.381. The van der Waals surface area contributed by atoms with Crippen LogP contribution in [-0.4, -0.2) is 39.9 Å². The average molecular weight is 517 g/mol. The van der Waals surface area contributed by atoms with Crippen LogP contribution >= 0.6 is 24.0 Å². The number of methoxy groups -OCH3 is 2. The lowest BCUT2D eigenvalue weighted by molar-refractivity contribution is 0.172. The Labute approximate surface area is 188 Å². The van der Waals surface area contributed by atoms with Gasteiger partial charge in [0.2, 0.25) is 0 Å². The summed E-state index contributed by atoms with van der Waals surface area (Å²) < 4.78 is 29.5. The van der Waals surface area contributed by atoms with Crippen LogP contribution in [0.4, 0.5) is 10.1 Å². The van der Waals surface area contributed by atoms with Gasteiger partial charge in [0, 0.05) is 38.4 Å². The Morgan fingerprint density at radius 1 is 1.10 bits per heavy atom. The van der Waals surface area contributed by atoms with Gasteiger partial charge >= 0.3 is 0 Å². The standard InChI is InChI=1S/C21H28FN3O3.HI/c1-4-23-21(24-15-16-9-10-20(27-3)19(22)13-16)25-17-7-5-8-18(14-17)28-12-6-11-26-2;/h5,7-10,13-14H,4,6,11-12,15H2,1-3H3,(H2,23,24,25);1H. The van der Waals surface area contributed by atoms with Gasteiger partial charge in [-0.25, -0.2) is 9.38 Å². The highest BCUT2D eigenvalue weighted by Gasteiger charge is 2.05. The zero-order valence-corrected chi connectivity index (χ0v) is 19.4. The summed E-state index contributed by atoms with van der Waals surface area (Å²) in [5.41, 5.74) is 1.61. The molecule has 2 rings (SSSR count). The van der Waals surface area contributed by atoms with Crippen LogP contribution in [0.3, 0.4) is 0 Å². The summed E-state index contributed by atoms with van der Waals surface area (Å²) in [6.45, 7) is 4.29. The number of benzene rings is 2. The maximum atomic E-state index is 13.8. The highest BCUT2D eigenvalue weighted by atomic mass is 127. The molecule has 0 bridgehead atoms. The lowest BCUT2D eigenvalue weighted by Crippen LogP contribution is -2.30. The van der Waals surface area contributed by atoms with Gasteiger partial charge in [0.1, 0.15) is 5.75 Å². The molecule has 2 N–H and O–H groups in total. The molecule has 29 heavy (non-hydrogen) atoms. The van der Waals surface area contributed by atoms with Crippen molar-refractivity contribution in [3.05, 3.63) is 53.8 Å². The molecule has 0 radical (unpaired) electrons. The monoisotopic (exact) mass is 517 g/mol. The molecule has 0 aliphatic heterocycles. The van der Waals surface area contributed by atoms with Crippen molar-refractivity contribution in [1.82, 2.24) is 5.32 Å². The number of hydrogen-bond donors (Lipinski definition) is 2. The number of hydrogen-bond acceptors (Lipinski definition) is 4. The van der Waals surface area contributed by atoms with Crippen molar-refractivity contribution >= 4 is 35.6 Å². The topological polar surface area (TPSA) is 64.1 Å². The van der Waals surface area contributed by atoms with E-state index in [-0.39, 0.29) is 29.7 Å². The van der Waals surface area contributed by atoms with E-state index in [2.05, 4.69) is 15.6 Å². The Kier molecular flexibility index (Phi) is 12.1. The largest absolute Gasteiger partial charge is 0.494 e. The van der Waals surface area contributed by atoms with Crippen LogP contribution in [0.5, 0.6) is 11.5 Å². The van der Waals surface area contributed by atoms with Crippen LogP contribution in [0.1, 0.15) is 18.9 Å². The van der Waals surface area contributed by atoms with Crippen molar-refractivity contribution in [2.45, 2.75) is 19.9 Å². The number of aliphatic imine (C=N–C) groups is 1. The van der Waals surface area contributed by atoms with Gasteiger partial charge in [0.25, 0.3) is 0 Å². The Hall–Kier alpha value is -2.07. The maximum Gasteiger partial charge on any atom is 0.196 e. The van der Waals surface area contributed by atoms with Crippen LogP contribution in [0.25, 0.3) is 0 Å². The van der Waals surface area contributed by atoms with Gasteiger partial charge < -0.3 is 24.8 Å². The second-order valence-electron chi connectivity index (χ2n) is 6.01. The number of ether oxygens (including phenoxy) is 3. The number of nitrogens with one attached hydrogen (secondary N) is 2. The van der Waals surface area contributed by atoms with Gasteiger partial charge in [-0.2, -0.15) is 0 Å². The number of rotatable bonds is 10. The van der Waals surface area contributed by atoms with Crippen molar-refractivity contribution in [3.8, 4) is 11.5 Å². The first-order valence-electron chi connectivity index (χ1n) is 9.25. The summed E-state index contributed by atoms with van der Waals surface area (Å²) in [6, 6.07) is 12.5. The summed E-state index contributed by atoms with van der Waals surface area (Å²) in [5, 5.41) is 6.43. The van der Waals surface area contributed by atoms with E-state index in [1.165, 1.54) is 13.2 Å². The van der Waals surface area contributed by atoms with Crippen LogP contribution < -0.4 is 20.1 Å². The van der Waals surface area contributed by atoms with Crippen LogP contribution in [0.2, 0.25) is 0 Å². The molecule has 0 fully saturated rings. The molecule has 0 saturated heterocycles. The minimum atomic E-state index is -0.397. The normalized spacial score (nSPS) is 10.8. The third kappa shape index (κ3) is 8.86. The van der Waals surface area contributed by atoms with Crippen LogP contribution in [-0.2, 0) is 11.3 Å². The highest BCUT2D eigenvalue weighted by molar-refractivity contribution is 14.0. The third-order valence-corrected chi connectivity index (χ3v) is 3.84.